The Morgan fingerprint density at radius 1 is 1.02 bits per heavy atom. The molecule has 2 aliphatic heterocycles. The van der Waals surface area contributed by atoms with Gasteiger partial charge >= 0.3 is 5.69 Å². The number of carbonyl (C=O) groups is 3. The molecule has 2 saturated carbocycles. The van der Waals surface area contributed by atoms with E-state index in [2.05, 4.69) is 31.3 Å². The number of likely N-dealkylation sites (tertiary alicyclic amines) is 1. The van der Waals surface area contributed by atoms with Crippen LogP contribution in [0, 0.1) is 30.0 Å². The molecule has 3 aromatic heterocycles. The first-order valence-corrected chi connectivity index (χ1v) is 22.1. The number of nitrogens with one attached hydrogen (secondary N) is 2. The zero-order chi connectivity index (χ0) is 42.8. The minimum absolute atomic E-state index is 0.102. The van der Waals surface area contributed by atoms with Crippen LogP contribution in [-0.2, 0) is 28.7 Å². The van der Waals surface area contributed by atoms with Crippen molar-refractivity contribution in [1.29, 1.82) is 0 Å². The lowest BCUT2D eigenvalue weighted by Gasteiger charge is -2.53. The van der Waals surface area contributed by atoms with Crippen LogP contribution >= 0.6 is 0 Å². The molecule has 0 bridgehead atoms. The largest absolute Gasteiger partial charge is 0.386 e. The van der Waals surface area contributed by atoms with Crippen LogP contribution in [0.2, 0.25) is 0 Å². The van der Waals surface area contributed by atoms with Crippen molar-refractivity contribution >= 4 is 45.3 Å². The summed E-state index contributed by atoms with van der Waals surface area (Å²) in [7, 11) is 1.78. The van der Waals surface area contributed by atoms with E-state index in [1.807, 2.05) is 30.5 Å². The standard InChI is InChI=1S/C47H57FN8O5/c1-28-35(48)14-15-36(49-28)43(58)50-38-22-32-27-55(52-37(32)23-34(38)46(2,3)61)33-12-9-29(10-13-33)26-54-20-18-47(19-21-54)24-30(25-47)8-11-31-6-5-7-39-42(31)53(4)45(60)56(39)40-16-17-41(57)51-44(40)59/h5-7,14-15,22-23,27,29-30,33,40,61H,8-13,16-21,24-26H2,1-4H3,(H,50,58)(H,51,57,59). The van der Waals surface area contributed by atoms with E-state index < -0.39 is 29.3 Å². The summed E-state index contributed by atoms with van der Waals surface area (Å²) in [5.74, 6) is -0.289. The SMILES string of the molecule is Cc1nc(C(=O)Nc2cc3cn(C4CCC(CN5CCC6(CC5)CC(CCc5cccc7c5n(C)c(=O)n7C5CCC(=O)NC5=O)C6)CC4)nc3cc2C(C)(C)O)ccc1F. The molecule has 4 fully saturated rings. The zero-order valence-electron chi connectivity index (χ0n) is 35.7. The number of para-hydroxylation sites is 1. The number of piperidine rings is 2. The van der Waals surface area contributed by atoms with Gasteiger partial charge in [0, 0.05) is 42.8 Å². The van der Waals surface area contributed by atoms with Gasteiger partial charge in [-0.15, -0.1) is 0 Å². The van der Waals surface area contributed by atoms with Gasteiger partial charge in [0.2, 0.25) is 11.8 Å². The highest BCUT2D eigenvalue weighted by Crippen LogP contribution is 2.54. The fraction of sp³-hybridized carbons (Fsp3) is 0.532. The van der Waals surface area contributed by atoms with Gasteiger partial charge in [0.05, 0.1) is 33.9 Å². The van der Waals surface area contributed by atoms with Crippen molar-refractivity contribution in [3.8, 4) is 0 Å². The number of halogens is 1. The van der Waals surface area contributed by atoms with Gasteiger partial charge in [0.15, 0.2) is 0 Å². The van der Waals surface area contributed by atoms with Crippen LogP contribution in [0.5, 0.6) is 0 Å². The molecule has 2 aromatic carbocycles. The second-order valence-electron chi connectivity index (χ2n) is 19.1. The first-order valence-electron chi connectivity index (χ1n) is 22.1. The highest BCUT2D eigenvalue weighted by molar-refractivity contribution is 6.04. The van der Waals surface area contributed by atoms with Crippen LogP contribution < -0.4 is 16.3 Å². The number of anilines is 1. The first kappa shape index (κ1) is 41.2. The summed E-state index contributed by atoms with van der Waals surface area (Å²) in [5.41, 5.74) is 3.83. The van der Waals surface area contributed by atoms with E-state index >= 15 is 0 Å². The Bertz CT molecular complexity index is 2580. The Hall–Kier alpha value is -5.21. The molecule has 322 valence electrons. The van der Waals surface area contributed by atoms with Crippen molar-refractivity contribution in [2.45, 2.75) is 116 Å². The highest BCUT2D eigenvalue weighted by Gasteiger charge is 2.45. The molecule has 2 aliphatic carbocycles. The molecule has 0 radical (unpaired) electrons. The predicted octanol–water partition coefficient (Wildman–Crippen LogP) is 6.85. The average Bonchev–Trinajstić information content (AvgIpc) is 3.75. The molecule has 2 saturated heterocycles. The fourth-order valence-corrected chi connectivity index (χ4v) is 11.0. The van der Waals surface area contributed by atoms with E-state index in [9.17, 15) is 28.7 Å². The lowest BCUT2D eigenvalue weighted by molar-refractivity contribution is -0.135. The third-order valence-corrected chi connectivity index (χ3v) is 14.4. The molecule has 3 N–H and O–H groups in total. The summed E-state index contributed by atoms with van der Waals surface area (Å²) in [6.07, 6.45) is 14.1. The highest BCUT2D eigenvalue weighted by atomic mass is 19.1. The Balaban J connectivity index is 0.757. The van der Waals surface area contributed by atoms with E-state index in [1.165, 1.54) is 44.7 Å². The van der Waals surface area contributed by atoms with Crippen LogP contribution in [0.3, 0.4) is 0 Å². The maximum absolute atomic E-state index is 13.8. The zero-order valence-corrected chi connectivity index (χ0v) is 35.7. The van der Waals surface area contributed by atoms with Crippen LogP contribution in [-0.4, -0.2) is 71.3 Å². The summed E-state index contributed by atoms with van der Waals surface area (Å²) < 4.78 is 19.1. The van der Waals surface area contributed by atoms with Crippen LogP contribution in [0.1, 0.15) is 124 Å². The molecule has 4 aliphatic rings. The number of benzene rings is 2. The number of amides is 3. The Kier molecular flexibility index (Phi) is 10.7. The number of hydrogen-bond acceptors (Lipinski definition) is 8. The minimum atomic E-state index is -1.24. The molecular weight excluding hydrogens is 776 g/mol. The second-order valence-corrected chi connectivity index (χ2v) is 19.1. The van der Waals surface area contributed by atoms with Gasteiger partial charge in [0.25, 0.3) is 5.91 Å². The minimum Gasteiger partial charge on any atom is -0.386 e. The molecule has 1 spiro atoms. The lowest BCUT2D eigenvalue weighted by atomic mass is 9.56. The number of carbonyl (C=O) groups excluding carboxylic acids is 3. The van der Waals surface area contributed by atoms with E-state index in [4.69, 9.17) is 5.10 Å². The number of nitrogens with zero attached hydrogens (tertiary/aromatic N) is 6. The van der Waals surface area contributed by atoms with Crippen LogP contribution in [0.4, 0.5) is 10.1 Å². The second kappa shape index (κ2) is 15.9. The van der Waals surface area contributed by atoms with Crippen LogP contribution in [0.25, 0.3) is 21.9 Å². The molecular formula is C47H57FN8O5. The normalized spacial score (nSPS) is 22.5. The molecule has 5 aromatic rings. The summed E-state index contributed by atoms with van der Waals surface area (Å²) in [6, 6.07) is 11.9. The molecule has 1 unspecified atom stereocenters. The van der Waals surface area contributed by atoms with Crippen molar-refractivity contribution < 1.29 is 23.9 Å². The van der Waals surface area contributed by atoms with Crippen LogP contribution in [0.15, 0.2) is 53.5 Å². The van der Waals surface area contributed by atoms with Crippen molar-refractivity contribution in [3.05, 3.63) is 87.5 Å². The van der Waals surface area contributed by atoms with Crippen molar-refractivity contribution in [2.75, 3.05) is 25.0 Å². The number of hydrogen-bond donors (Lipinski definition) is 3. The van der Waals surface area contributed by atoms with Gasteiger partial charge in [-0.25, -0.2) is 14.2 Å². The number of aryl methyl sites for hydroxylation is 3. The van der Waals surface area contributed by atoms with Gasteiger partial charge in [-0.2, -0.15) is 5.10 Å². The van der Waals surface area contributed by atoms with E-state index in [1.54, 1.807) is 30.0 Å². The number of aliphatic hydroxyl groups is 1. The monoisotopic (exact) mass is 832 g/mol. The van der Waals surface area contributed by atoms with Crippen molar-refractivity contribution in [3.63, 3.8) is 0 Å². The number of fused-ring (bicyclic) bond motifs is 2. The molecule has 1 atom stereocenters. The number of rotatable bonds is 10. The number of aromatic nitrogens is 5. The topological polar surface area (TPSA) is 156 Å². The summed E-state index contributed by atoms with van der Waals surface area (Å²) >= 11 is 0. The number of pyridine rings is 1. The summed E-state index contributed by atoms with van der Waals surface area (Å²) in [4.78, 5) is 57.7. The average molecular weight is 833 g/mol. The molecule has 5 heterocycles. The van der Waals surface area contributed by atoms with E-state index in [-0.39, 0.29) is 35.4 Å². The number of imide groups is 1. The Labute approximate surface area is 354 Å². The molecule has 61 heavy (non-hydrogen) atoms. The van der Waals surface area contributed by atoms with E-state index in [0.29, 0.717) is 34.9 Å². The Morgan fingerprint density at radius 3 is 2.48 bits per heavy atom. The maximum atomic E-state index is 13.8. The quantitative estimate of drug-likeness (QED) is 0.129. The van der Waals surface area contributed by atoms with Crippen molar-refractivity contribution in [1.82, 2.24) is 34.1 Å². The maximum Gasteiger partial charge on any atom is 0.329 e. The van der Waals surface area contributed by atoms with Gasteiger partial charge < -0.3 is 15.3 Å². The third kappa shape index (κ3) is 8.04. The molecule has 14 heteroatoms. The lowest BCUT2D eigenvalue weighted by Crippen LogP contribution is -2.48. The molecule has 3 amide bonds. The number of imidazole rings is 1. The summed E-state index contributed by atoms with van der Waals surface area (Å²) in [5, 5.41) is 22.2. The van der Waals surface area contributed by atoms with Gasteiger partial charge in [0.1, 0.15) is 17.6 Å². The first-order chi connectivity index (χ1) is 29.1. The van der Waals surface area contributed by atoms with Gasteiger partial charge in [-0.1, -0.05) is 12.1 Å². The molecule has 13 nitrogen and oxygen atoms in total. The van der Waals surface area contributed by atoms with Gasteiger partial charge in [-0.3, -0.25) is 33.5 Å². The Morgan fingerprint density at radius 2 is 1.77 bits per heavy atom. The third-order valence-electron chi connectivity index (χ3n) is 14.4. The van der Waals surface area contributed by atoms with Gasteiger partial charge in [-0.05, 0) is 158 Å². The smallest absolute Gasteiger partial charge is 0.329 e. The fourth-order valence-electron chi connectivity index (χ4n) is 11.0. The summed E-state index contributed by atoms with van der Waals surface area (Å²) in [6.45, 7) is 8.34. The predicted molar refractivity (Wildman–Crippen MR) is 231 cm³/mol. The van der Waals surface area contributed by atoms with E-state index in [0.717, 1.165) is 85.7 Å². The van der Waals surface area contributed by atoms with Crippen molar-refractivity contribution in [2.24, 2.45) is 24.3 Å². The molecule has 9 rings (SSSR count).